The largest absolute Gasteiger partial charge is 0.478 e. The van der Waals surface area contributed by atoms with Gasteiger partial charge in [-0.1, -0.05) is 6.07 Å². The van der Waals surface area contributed by atoms with Crippen molar-refractivity contribution in [2.24, 2.45) is 0 Å². The van der Waals surface area contributed by atoms with E-state index in [9.17, 15) is 14.4 Å². The third-order valence-electron chi connectivity index (χ3n) is 3.92. The Balaban J connectivity index is 1.56. The predicted molar refractivity (Wildman–Crippen MR) is 110 cm³/mol. The fourth-order valence-corrected chi connectivity index (χ4v) is 3.32. The summed E-state index contributed by atoms with van der Waals surface area (Å²) in [6.45, 7) is 1.76. The lowest BCUT2D eigenvalue weighted by atomic mass is 10.2. The molecule has 0 fully saturated rings. The second kappa shape index (κ2) is 9.11. The van der Waals surface area contributed by atoms with Crippen molar-refractivity contribution in [2.75, 3.05) is 10.6 Å². The number of furan rings is 1. The van der Waals surface area contributed by atoms with Crippen molar-refractivity contribution in [1.82, 2.24) is 0 Å². The summed E-state index contributed by atoms with van der Waals surface area (Å²) in [6.07, 6.45) is 1.43. The lowest BCUT2D eigenvalue weighted by Gasteiger charge is -2.13. The molecule has 0 saturated carbocycles. The van der Waals surface area contributed by atoms with Crippen molar-refractivity contribution < 1.29 is 23.9 Å². The third-order valence-corrected chi connectivity index (χ3v) is 5.03. The fraction of sp³-hybridized carbons (Fsp3) is 0.0952. The van der Waals surface area contributed by atoms with E-state index in [0.717, 1.165) is 4.90 Å². The van der Waals surface area contributed by atoms with E-state index in [1.165, 1.54) is 30.2 Å². The Labute approximate surface area is 171 Å². The van der Waals surface area contributed by atoms with E-state index in [0.29, 0.717) is 11.4 Å². The summed E-state index contributed by atoms with van der Waals surface area (Å²) in [5, 5.41) is 14.1. The highest BCUT2D eigenvalue weighted by Crippen LogP contribution is 2.26. The Hall–Kier alpha value is -3.52. The molecule has 1 atom stereocenters. The zero-order valence-corrected chi connectivity index (χ0v) is 16.2. The van der Waals surface area contributed by atoms with E-state index in [-0.39, 0.29) is 23.1 Å². The molecule has 3 N–H and O–H groups in total. The molecule has 0 aliphatic rings. The number of carbonyl (C=O) groups excluding carboxylic acids is 2. The van der Waals surface area contributed by atoms with Gasteiger partial charge in [-0.05, 0) is 61.5 Å². The molecule has 2 amide bonds. The second-order valence-corrected chi connectivity index (χ2v) is 7.51. The Morgan fingerprint density at radius 1 is 0.966 bits per heavy atom. The number of hydrogen-bond acceptors (Lipinski definition) is 5. The van der Waals surface area contributed by atoms with E-state index < -0.39 is 11.2 Å². The normalized spacial score (nSPS) is 11.5. The molecule has 0 aliphatic carbocycles. The van der Waals surface area contributed by atoms with Gasteiger partial charge in [-0.15, -0.1) is 11.8 Å². The number of carboxylic acids is 1. The van der Waals surface area contributed by atoms with Gasteiger partial charge in [0.1, 0.15) is 0 Å². The van der Waals surface area contributed by atoms with Crippen molar-refractivity contribution in [2.45, 2.75) is 17.1 Å². The molecular formula is C21H18N2O5S. The molecule has 0 radical (unpaired) electrons. The summed E-state index contributed by atoms with van der Waals surface area (Å²) in [6, 6.07) is 16.4. The van der Waals surface area contributed by atoms with Crippen LogP contribution in [0.15, 0.2) is 76.2 Å². The number of nitrogens with one attached hydrogen (secondary N) is 2. The minimum Gasteiger partial charge on any atom is -0.478 e. The Bertz CT molecular complexity index is 1020. The van der Waals surface area contributed by atoms with Crippen molar-refractivity contribution in [3.05, 3.63) is 78.3 Å². The number of carboxylic acid groups (broad SMARTS) is 1. The quantitative estimate of drug-likeness (QED) is 0.500. The van der Waals surface area contributed by atoms with E-state index in [2.05, 4.69) is 10.6 Å². The van der Waals surface area contributed by atoms with Gasteiger partial charge < -0.3 is 20.2 Å². The average molecular weight is 410 g/mol. The van der Waals surface area contributed by atoms with Gasteiger partial charge in [-0.3, -0.25) is 9.59 Å². The molecule has 148 valence electrons. The van der Waals surface area contributed by atoms with E-state index in [1.54, 1.807) is 55.5 Å². The molecule has 3 aromatic rings. The molecule has 2 aromatic carbocycles. The van der Waals surface area contributed by atoms with Gasteiger partial charge in [-0.2, -0.15) is 0 Å². The van der Waals surface area contributed by atoms with Crippen LogP contribution in [0, 0.1) is 0 Å². The maximum absolute atomic E-state index is 12.4. The van der Waals surface area contributed by atoms with Crippen molar-refractivity contribution in [3.63, 3.8) is 0 Å². The van der Waals surface area contributed by atoms with Crippen molar-refractivity contribution >= 4 is 40.9 Å². The molecular weight excluding hydrogens is 392 g/mol. The maximum Gasteiger partial charge on any atom is 0.335 e. The molecule has 7 nitrogen and oxygen atoms in total. The Kier molecular flexibility index (Phi) is 6.36. The van der Waals surface area contributed by atoms with Gasteiger partial charge >= 0.3 is 5.97 Å². The SMILES string of the molecule is CC(Sc1ccc(NC(=O)c2ccco2)cc1)C(=O)Nc1cccc(C(=O)O)c1. The van der Waals surface area contributed by atoms with Crippen LogP contribution >= 0.6 is 11.8 Å². The summed E-state index contributed by atoms with van der Waals surface area (Å²) in [4.78, 5) is 36.2. The molecule has 0 aliphatic heterocycles. The number of amides is 2. The minimum atomic E-state index is -1.05. The van der Waals surface area contributed by atoms with Crippen LogP contribution < -0.4 is 10.6 Å². The number of anilines is 2. The topological polar surface area (TPSA) is 109 Å². The maximum atomic E-state index is 12.4. The first-order valence-corrected chi connectivity index (χ1v) is 9.56. The molecule has 1 unspecified atom stereocenters. The first-order chi connectivity index (χ1) is 13.9. The number of hydrogen-bond donors (Lipinski definition) is 3. The van der Waals surface area contributed by atoms with Crippen molar-refractivity contribution in [3.8, 4) is 0 Å². The smallest absolute Gasteiger partial charge is 0.335 e. The molecule has 3 rings (SSSR count). The first-order valence-electron chi connectivity index (χ1n) is 8.68. The van der Waals surface area contributed by atoms with E-state index >= 15 is 0 Å². The highest BCUT2D eigenvalue weighted by molar-refractivity contribution is 8.00. The average Bonchev–Trinajstić information content (AvgIpc) is 3.24. The zero-order valence-electron chi connectivity index (χ0n) is 15.4. The highest BCUT2D eigenvalue weighted by atomic mass is 32.2. The summed E-state index contributed by atoms with van der Waals surface area (Å²) >= 11 is 1.35. The molecule has 0 bridgehead atoms. The van der Waals surface area contributed by atoms with Crippen LogP contribution in [0.4, 0.5) is 11.4 Å². The van der Waals surface area contributed by atoms with Gasteiger partial charge in [0.05, 0.1) is 17.1 Å². The van der Waals surface area contributed by atoms with Crippen LogP contribution in [-0.4, -0.2) is 28.1 Å². The summed E-state index contributed by atoms with van der Waals surface area (Å²) in [5.74, 6) is -1.41. The van der Waals surface area contributed by atoms with Crippen LogP contribution in [0.1, 0.15) is 27.8 Å². The van der Waals surface area contributed by atoms with Crippen LogP contribution in [0.5, 0.6) is 0 Å². The van der Waals surface area contributed by atoms with Crippen LogP contribution in [-0.2, 0) is 4.79 Å². The molecule has 0 spiro atoms. The van der Waals surface area contributed by atoms with Crippen LogP contribution in [0.25, 0.3) is 0 Å². The Morgan fingerprint density at radius 2 is 1.72 bits per heavy atom. The van der Waals surface area contributed by atoms with Crippen LogP contribution in [0.3, 0.4) is 0 Å². The molecule has 8 heteroatoms. The summed E-state index contributed by atoms with van der Waals surface area (Å²) in [7, 11) is 0. The highest BCUT2D eigenvalue weighted by Gasteiger charge is 2.16. The van der Waals surface area contributed by atoms with E-state index in [1.807, 2.05) is 0 Å². The first kappa shape index (κ1) is 20.2. The minimum absolute atomic E-state index is 0.107. The number of rotatable bonds is 7. The molecule has 1 heterocycles. The van der Waals surface area contributed by atoms with Gasteiger partial charge in [0.2, 0.25) is 5.91 Å². The van der Waals surface area contributed by atoms with Gasteiger partial charge in [0, 0.05) is 16.3 Å². The van der Waals surface area contributed by atoms with E-state index in [4.69, 9.17) is 9.52 Å². The lowest BCUT2D eigenvalue weighted by molar-refractivity contribution is -0.115. The zero-order chi connectivity index (χ0) is 20.8. The number of benzene rings is 2. The second-order valence-electron chi connectivity index (χ2n) is 6.09. The predicted octanol–water partition coefficient (Wildman–Crippen LogP) is 4.35. The third kappa shape index (κ3) is 5.49. The molecule has 0 saturated heterocycles. The van der Waals surface area contributed by atoms with Gasteiger partial charge in [-0.25, -0.2) is 4.79 Å². The van der Waals surface area contributed by atoms with Crippen LogP contribution in [0.2, 0.25) is 0 Å². The molecule has 1 aromatic heterocycles. The van der Waals surface area contributed by atoms with Crippen molar-refractivity contribution in [1.29, 1.82) is 0 Å². The summed E-state index contributed by atoms with van der Waals surface area (Å²) < 4.78 is 5.05. The number of carbonyl (C=O) groups is 3. The number of aromatic carboxylic acids is 1. The van der Waals surface area contributed by atoms with Gasteiger partial charge in [0.25, 0.3) is 5.91 Å². The Morgan fingerprint density at radius 3 is 2.38 bits per heavy atom. The van der Waals surface area contributed by atoms with Gasteiger partial charge in [0.15, 0.2) is 5.76 Å². The molecule has 29 heavy (non-hydrogen) atoms. The summed E-state index contributed by atoms with van der Waals surface area (Å²) in [5.41, 5.74) is 1.15. The monoisotopic (exact) mass is 410 g/mol. The fourth-order valence-electron chi connectivity index (χ4n) is 2.45. The number of thioether (sulfide) groups is 1. The lowest BCUT2D eigenvalue weighted by Crippen LogP contribution is -2.22. The standard InChI is InChI=1S/C21H18N2O5S/c1-13(19(24)23-16-5-2-4-14(12-16)21(26)27)29-17-9-7-15(8-10-17)22-20(25)18-6-3-11-28-18/h2-13H,1H3,(H,22,25)(H,23,24)(H,26,27).